The molecule has 0 atom stereocenters. The maximum Gasteiger partial charge on any atom is 0.379 e. The number of carbonyl (C=O) groups is 2. The summed E-state index contributed by atoms with van der Waals surface area (Å²) in [6, 6.07) is 1.85. The molecule has 0 aromatic heterocycles. The second-order valence-electron chi connectivity index (χ2n) is 4.12. The first-order chi connectivity index (χ1) is 9.92. The van der Waals surface area contributed by atoms with Crippen molar-refractivity contribution >= 4 is 17.4 Å². The molecule has 0 radical (unpaired) electrons. The van der Waals surface area contributed by atoms with Gasteiger partial charge in [0.1, 0.15) is 0 Å². The molecule has 1 N–H and O–H groups in total. The number of Topliss-reactive ketones (excluding diaryl/α,β-unsaturated/α-hetero) is 1. The number of nitro groups is 1. The summed E-state index contributed by atoms with van der Waals surface area (Å²) >= 11 is 0. The topological polar surface area (TPSA) is 116 Å². The summed E-state index contributed by atoms with van der Waals surface area (Å²) in [5, 5.41) is 20.4. The van der Waals surface area contributed by atoms with Crippen molar-refractivity contribution in [2.75, 3.05) is 13.7 Å². The summed E-state index contributed by atoms with van der Waals surface area (Å²) in [6.07, 6.45) is 1.40. The molecular formula is C13H15NO7. The van der Waals surface area contributed by atoms with E-state index in [0.717, 1.165) is 18.6 Å². The fraction of sp³-hybridized carbons (Fsp3) is 0.385. The summed E-state index contributed by atoms with van der Waals surface area (Å²) < 4.78 is 9.49. The number of ether oxygens (including phenoxy) is 2. The molecule has 0 aliphatic carbocycles. The third-order valence-electron chi connectivity index (χ3n) is 2.65. The van der Waals surface area contributed by atoms with Crippen LogP contribution in [0.2, 0.25) is 0 Å². The van der Waals surface area contributed by atoms with Crippen LogP contribution in [0.15, 0.2) is 12.1 Å². The molecule has 0 spiro atoms. The highest BCUT2D eigenvalue weighted by molar-refractivity contribution is 6.40. The normalized spacial score (nSPS) is 10.0. The van der Waals surface area contributed by atoms with E-state index in [0.29, 0.717) is 6.42 Å². The number of rotatable bonds is 7. The first kappa shape index (κ1) is 16.4. The van der Waals surface area contributed by atoms with Gasteiger partial charge in [0.05, 0.1) is 18.6 Å². The van der Waals surface area contributed by atoms with Crippen LogP contribution in [-0.2, 0) is 9.53 Å². The minimum Gasteiger partial charge on any atom is -0.500 e. The predicted molar refractivity (Wildman–Crippen MR) is 71.5 cm³/mol. The summed E-state index contributed by atoms with van der Waals surface area (Å²) in [6.45, 7) is 1.99. The number of esters is 1. The lowest BCUT2D eigenvalue weighted by molar-refractivity contribution is -0.386. The van der Waals surface area contributed by atoms with Crippen LogP contribution in [0, 0.1) is 10.1 Å². The molecule has 1 aromatic rings. The van der Waals surface area contributed by atoms with Crippen LogP contribution < -0.4 is 4.74 Å². The number of ketones is 1. The Bertz CT molecular complexity index is 568. The molecule has 0 aliphatic heterocycles. The van der Waals surface area contributed by atoms with E-state index in [1.807, 2.05) is 6.92 Å². The molecular weight excluding hydrogens is 282 g/mol. The minimum absolute atomic E-state index is 0.0956. The Kier molecular flexibility index (Phi) is 5.65. The van der Waals surface area contributed by atoms with E-state index < -0.39 is 28.1 Å². The Hall–Kier alpha value is -2.64. The van der Waals surface area contributed by atoms with Crippen molar-refractivity contribution in [3.05, 3.63) is 27.8 Å². The lowest BCUT2D eigenvalue weighted by Gasteiger charge is -2.07. The van der Waals surface area contributed by atoms with Gasteiger partial charge < -0.3 is 14.6 Å². The number of unbranched alkanes of at least 4 members (excludes halogenated alkanes) is 1. The van der Waals surface area contributed by atoms with Crippen molar-refractivity contribution in [1.29, 1.82) is 0 Å². The number of benzene rings is 1. The Morgan fingerprint density at radius 3 is 2.57 bits per heavy atom. The van der Waals surface area contributed by atoms with E-state index in [1.165, 1.54) is 7.11 Å². The summed E-state index contributed by atoms with van der Waals surface area (Å²) in [5.41, 5.74) is -1.00. The zero-order chi connectivity index (χ0) is 16.0. The first-order valence-corrected chi connectivity index (χ1v) is 6.19. The standard InChI is InChI=1S/C13H15NO7/c1-3-4-5-21-13(17)11(15)8-6-9(14(18)19)12(16)10(7-8)20-2/h6-7,16H,3-5H2,1-2H3. The van der Waals surface area contributed by atoms with Gasteiger partial charge in [-0.1, -0.05) is 13.3 Å². The highest BCUT2D eigenvalue weighted by Gasteiger charge is 2.26. The Labute approximate surface area is 120 Å². The number of methoxy groups -OCH3 is 1. The van der Waals surface area contributed by atoms with Crippen molar-refractivity contribution in [2.45, 2.75) is 19.8 Å². The summed E-state index contributed by atoms with van der Waals surface area (Å²) in [4.78, 5) is 33.3. The number of carbonyl (C=O) groups excluding carboxylic acids is 2. The fourth-order valence-corrected chi connectivity index (χ4v) is 1.51. The maximum absolute atomic E-state index is 11.9. The van der Waals surface area contributed by atoms with Crippen LogP contribution in [-0.4, -0.2) is 35.5 Å². The van der Waals surface area contributed by atoms with E-state index in [4.69, 9.17) is 9.47 Å². The van der Waals surface area contributed by atoms with Crippen molar-refractivity contribution in [1.82, 2.24) is 0 Å². The summed E-state index contributed by atoms with van der Waals surface area (Å²) in [7, 11) is 1.17. The number of nitro benzene ring substituents is 1. The zero-order valence-corrected chi connectivity index (χ0v) is 11.6. The number of nitrogens with zero attached hydrogens (tertiary/aromatic N) is 1. The molecule has 8 heteroatoms. The van der Waals surface area contributed by atoms with Gasteiger partial charge in [0.15, 0.2) is 5.75 Å². The number of aromatic hydroxyl groups is 1. The number of hydrogen-bond acceptors (Lipinski definition) is 7. The second-order valence-corrected chi connectivity index (χ2v) is 4.12. The first-order valence-electron chi connectivity index (χ1n) is 6.19. The van der Waals surface area contributed by atoms with Crippen LogP contribution in [0.5, 0.6) is 11.5 Å². The molecule has 0 aliphatic rings. The number of phenols is 1. The molecule has 0 bridgehead atoms. The van der Waals surface area contributed by atoms with Gasteiger partial charge in [-0.2, -0.15) is 0 Å². The average molecular weight is 297 g/mol. The molecule has 114 valence electrons. The van der Waals surface area contributed by atoms with Crippen molar-refractivity contribution in [3.63, 3.8) is 0 Å². The molecule has 0 fully saturated rings. The van der Waals surface area contributed by atoms with E-state index in [-0.39, 0.29) is 17.9 Å². The van der Waals surface area contributed by atoms with Gasteiger partial charge >= 0.3 is 11.7 Å². The third kappa shape index (κ3) is 3.91. The molecule has 1 rings (SSSR count). The molecule has 0 saturated heterocycles. The highest BCUT2D eigenvalue weighted by atomic mass is 16.6. The Balaban J connectivity index is 3.07. The Morgan fingerprint density at radius 2 is 2.05 bits per heavy atom. The fourth-order valence-electron chi connectivity index (χ4n) is 1.51. The van der Waals surface area contributed by atoms with E-state index in [9.17, 15) is 24.8 Å². The minimum atomic E-state index is -1.11. The lowest BCUT2D eigenvalue weighted by atomic mass is 10.1. The SMILES string of the molecule is CCCCOC(=O)C(=O)c1cc(OC)c(O)c([N+](=O)[O-])c1. The van der Waals surface area contributed by atoms with Crippen LogP contribution >= 0.6 is 0 Å². The summed E-state index contributed by atoms with van der Waals surface area (Å²) in [5.74, 6) is -3.12. The molecule has 0 saturated carbocycles. The monoisotopic (exact) mass is 297 g/mol. The number of phenolic OH excluding ortho intramolecular Hbond substituents is 1. The lowest BCUT2D eigenvalue weighted by Crippen LogP contribution is -2.18. The van der Waals surface area contributed by atoms with E-state index in [2.05, 4.69) is 0 Å². The Morgan fingerprint density at radius 1 is 1.38 bits per heavy atom. The molecule has 0 heterocycles. The van der Waals surface area contributed by atoms with Gasteiger partial charge in [-0.3, -0.25) is 14.9 Å². The van der Waals surface area contributed by atoms with Gasteiger partial charge in [0.25, 0.3) is 5.78 Å². The number of hydrogen-bond donors (Lipinski definition) is 1. The van der Waals surface area contributed by atoms with E-state index in [1.54, 1.807) is 0 Å². The van der Waals surface area contributed by atoms with E-state index >= 15 is 0 Å². The highest BCUT2D eigenvalue weighted by Crippen LogP contribution is 2.36. The second kappa shape index (κ2) is 7.22. The largest absolute Gasteiger partial charge is 0.500 e. The molecule has 8 nitrogen and oxygen atoms in total. The van der Waals surface area contributed by atoms with Gasteiger partial charge in [-0.05, 0) is 12.5 Å². The van der Waals surface area contributed by atoms with Crippen molar-refractivity contribution < 1.29 is 29.1 Å². The van der Waals surface area contributed by atoms with Gasteiger partial charge in [0.2, 0.25) is 5.75 Å². The third-order valence-corrected chi connectivity index (χ3v) is 2.65. The molecule has 21 heavy (non-hydrogen) atoms. The predicted octanol–water partition coefficient (Wildman–Crippen LogP) is 1.83. The molecule has 0 unspecified atom stereocenters. The average Bonchev–Trinajstić information content (AvgIpc) is 2.46. The maximum atomic E-state index is 11.9. The van der Waals surface area contributed by atoms with Crippen LogP contribution in [0.4, 0.5) is 5.69 Å². The zero-order valence-electron chi connectivity index (χ0n) is 11.6. The van der Waals surface area contributed by atoms with Gasteiger partial charge in [-0.15, -0.1) is 0 Å². The van der Waals surface area contributed by atoms with Crippen LogP contribution in [0.1, 0.15) is 30.1 Å². The quantitative estimate of drug-likeness (QED) is 0.204. The molecule has 0 amide bonds. The van der Waals surface area contributed by atoms with Gasteiger partial charge in [-0.25, -0.2) is 4.79 Å². The molecule has 1 aromatic carbocycles. The smallest absolute Gasteiger partial charge is 0.379 e. The van der Waals surface area contributed by atoms with Crippen molar-refractivity contribution in [2.24, 2.45) is 0 Å². The van der Waals surface area contributed by atoms with Gasteiger partial charge in [0, 0.05) is 11.6 Å². The van der Waals surface area contributed by atoms with Crippen LogP contribution in [0.25, 0.3) is 0 Å². The van der Waals surface area contributed by atoms with Crippen molar-refractivity contribution in [3.8, 4) is 11.5 Å². The van der Waals surface area contributed by atoms with Crippen LogP contribution in [0.3, 0.4) is 0 Å².